The van der Waals surface area contributed by atoms with Crippen molar-refractivity contribution in [2.24, 2.45) is 17.6 Å². The highest BCUT2D eigenvalue weighted by Gasteiger charge is 2.18. The third-order valence-corrected chi connectivity index (χ3v) is 3.14. The van der Waals surface area contributed by atoms with Crippen LogP contribution >= 0.6 is 0 Å². The fourth-order valence-corrected chi connectivity index (χ4v) is 2.22. The molecular formula is C12H27N. The molecule has 0 rings (SSSR count). The Hall–Kier alpha value is -0.0400. The van der Waals surface area contributed by atoms with Crippen molar-refractivity contribution in [3.63, 3.8) is 0 Å². The summed E-state index contributed by atoms with van der Waals surface area (Å²) in [7, 11) is 0. The molecule has 0 spiro atoms. The average Bonchev–Trinajstić information content (AvgIpc) is 2.05. The molecule has 0 aromatic rings. The van der Waals surface area contributed by atoms with Gasteiger partial charge in [0.25, 0.3) is 0 Å². The Bertz CT molecular complexity index is 110. The van der Waals surface area contributed by atoms with Crippen molar-refractivity contribution in [3.05, 3.63) is 0 Å². The predicted octanol–water partition coefficient (Wildman–Crippen LogP) is 3.58. The second-order valence-electron chi connectivity index (χ2n) is 4.40. The minimum atomic E-state index is 0.363. The number of unbranched alkanes of at least 4 members (excludes halogenated alkanes) is 2. The normalized spacial score (nSPS) is 18.2. The third kappa shape index (κ3) is 5.30. The molecule has 0 heterocycles. The van der Waals surface area contributed by atoms with Crippen LogP contribution in [-0.4, -0.2) is 6.04 Å². The van der Waals surface area contributed by atoms with Crippen LogP contribution in [0.3, 0.4) is 0 Å². The molecule has 80 valence electrons. The summed E-state index contributed by atoms with van der Waals surface area (Å²) in [5.74, 6) is 1.52. The van der Waals surface area contributed by atoms with Gasteiger partial charge >= 0.3 is 0 Å². The summed E-state index contributed by atoms with van der Waals surface area (Å²) in [5.41, 5.74) is 5.95. The van der Waals surface area contributed by atoms with Crippen molar-refractivity contribution < 1.29 is 0 Å². The van der Waals surface area contributed by atoms with E-state index >= 15 is 0 Å². The molecule has 3 atom stereocenters. The molecule has 0 amide bonds. The van der Waals surface area contributed by atoms with Gasteiger partial charge < -0.3 is 5.73 Å². The minimum absolute atomic E-state index is 0.363. The van der Waals surface area contributed by atoms with E-state index in [1.54, 1.807) is 0 Å². The quantitative estimate of drug-likeness (QED) is 0.603. The van der Waals surface area contributed by atoms with Gasteiger partial charge in [0, 0.05) is 6.04 Å². The van der Waals surface area contributed by atoms with E-state index in [0.717, 1.165) is 11.8 Å². The molecule has 2 N–H and O–H groups in total. The maximum Gasteiger partial charge on any atom is 0.00412 e. The van der Waals surface area contributed by atoms with E-state index < -0.39 is 0 Å². The molecule has 1 nitrogen and oxygen atoms in total. The summed E-state index contributed by atoms with van der Waals surface area (Å²) >= 11 is 0. The van der Waals surface area contributed by atoms with Crippen LogP contribution in [0, 0.1) is 11.8 Å². The monoisotopic (exact) mass is 185 g/mol. The van der Waals surface area contributed by atoms with Crippen molar-refractivity contribution in [1.82, 2.24) is 0 Å². The van der Waals surface area contributed by atoms with Gasteiger partial charge in [-0.25, -0.2) is 0 Å². The molecule has 13 heavy (non-hydrogen) atoms. The Labute approximate surface area is 84.1 Å². The molecule has 0 aliphatic rings. The van der Waals surface area contributed by atoms with E-state index in [2.05, 4.69) is 27.7 Å². The van der Waals surface area contributed by atoms with E-state index in [1.807, 2.05) is 0 Å². The molecule has 0 aliphatic heterocycles. The Morgan fingerprint density at radius 1 is 1.08 bits per heavy atom. The first-order valence-corrected chi connectivity index (χ1v) is 5.89. The van der Waals surface area contributed by atoms with Crippen LogP contribution in [0.5, 0.6) is 0 Å². The lowest BCUT2D eigenvalue weighted by Crippen LogP contribution is -2.30. The predicted molar refractivity (Wildman–Crippen MR) is 60.7 cm³/mol. The molecule has 0 saturated carbocycles. The van der Waals surface area contributed by atoms with Crippen molar-refractivity contribution >= 4 is 0 Å². The Kier molecular flexibility index (Phi) is 7.35. The van der Waals surface area contributed by atoms with Gasteiger partial charge in [-0.2, -0.15) is 0 Å². The number of hydrogen-bond acceptors (Lipinski definition) is 1. The van der Waals surface area contributed by atoms with Crippen molar-refractivity contribution in [3.8, 4) is 0 Å². The van der Waals surface area contributed by atoms with Crippen LogP contribution in [0.15, 0.2) is 0 Å². The van der Waals surface area contributed by atoms with Crippen LogP contribution in [0.2, 0.25) is 0 Å². The largest absolute Gasteiger partial charge is 0.328 e. The molecule has 0 bridgehead atoms. The zero-order valence-corrected chi connectivity index (χ0v) is 9.84. The average molecular weight is 185 g/mol. The van der Waals surface area contributed by atoms with Gasteiger partial charge in [-0.3, -0.25) is 0 Å². The summed E-state index contributed by atoms with van der Waals surface area (Å²) in [4.78, 5) is 0. The van der Waals surface area contributed by atoms with Crippen molar-refractivity contribution in [2.45, 2.75) is 65.8 Å². The standard InChI is InChI=1S/C12H27N/c1-5-7-8-9-10(3)12(6-2)11(4)13/h10-12H,5-9,13H2,1-4H3/t10-,11?,12-/m0/s1. The lowest BCUT2D eigenvalue weighted by molar-refractivity contribution is 0.280. The summed E-state index contributed by atoms with van der Waals surface area (Å²) in [5, 5.41) is 0. The molecule has 0 fully saturated rings. The maximum atomic E-state index is 5.95. The van der Waals surface area contributed by atoms with Crippen LogP contribution in [-0.2, 0) is 0 Å². The number of hydrogen-bond donors (Lipinski definition) is 1. The van der Waals surface area contributed by atoms with E-state index in [9.17, 15) is 0 Å². The fourth-order valence-electron chi connectivity index (χ4n) is 2.22. The second-order valence-corrected chi connectivity index (χ2v) is 4.40. The van der Waals surface area contributed by atoms with E-state index in [4.69, 9.17) is 5.73 Å². The van der Waals surface area contributed by atoms with Crippen molar-refractivity contribution in [2.75, 3.05) is 0 Å². The summed E-state index contributed by atoms with van der Waals surface area (Å²) in [6, 6.07) is 0.363. The first kappa shape index (κ1) is 13.0. The summed E-state index contributed by atoms with van der Waals surface area (Å²) < 4.78 is 0. The molecule has 0 aliphatic carbocycles. The van der Waals surface area contributed by atoms with E-state index in [0.29, 0.717) is 6.04 Å². The first-order chi connectivity index (χ1) is 6.13. The SMILES string of the molecule is CCCCC[C@H](C)[C@H](CC)C(C)N. The molecule has 1 heteroatoms. The van der Waals surface area contributed by atoms with Crippen molar-refractivity contribution in [1.29, 1.82) is 0 Å². The molecule has 0 aromatic heterocycles. The van der Waals surface area contributed by atoms with Gasteiger partial charge in [-0.15, -0.1) is 0 Å². The van der Waals surface area contributed by atoms with Gasteiger partial charge in [-0.05, 0) is 18.8 Å². The van der Waals surface area contributed by atoms with Gasteiger partial charge in [-0.1, -0.05) is 52.9 Å². The Morgan fingerprint density at radius 2 is 1.69 bits per heavy atom. The lowest BCUT2D eigenvalue weighted by atomic mass is 9.83. The Balaban J connectivity index is 3.70. The minimum Gasteiger partial charge on any atom is -0.328 e. The molecule has 0 saturated heterocycles. The molecular weight excluding hydrogens is 158 g/mol. The van der Waals surface area contributed by atoms with Gasteiger partial charge in [0.1, 0.15) is 0 Å². The Morgan fingerprint density at radius 3 is 2.08 bits per heavy atom. The third-order valence-electron chi connectivity index (χ3n) is 3.14. The van der Waals surface area contributed by atoms with Gasteiger partial charge in [0.05, 0.1) is 0 Å². The maximum absolute atomic E-state index is 5.95. The van der Waals surface area contributed by atoms with Crippen LogP contribution in [0.1, 0.15) is 59.8 Å². The molecule has 1 unspecified atom stereocenters. The zero-order chi connectivity index (χ0) is 10.3. The highest BCUT2D eigenvalue weighted by atomic mass is 14.6. The summed E-state index contributed by atoms with van der Waals surface area (Å²) in [6.45, 7) is 9.01. The smallest absolute Gasteiger partial charge is 0.00412 e. The highest BCUT2D eigenvalue weighted by Crippen LogP contribution is 2.23. The van der Waals surface area contributed by atoms with Gasteiger partial charge in [0.2, 0.25) is 0 Å². The fraction of sp³-hybridized carbons (Fsp3) is 1.00. The second kappa shape index (κ2) is 7.37. The molecule has 0 radical (unpaired) electrons. The number of rotatable bonds is 7. The van der Waals surface area contributed by atoms with Crippen LogP contribution in [0.25, 0.3) is 0 Å². The summed E-state index contributed by atoms with van der Waals surface area (Å²) in [6.07, 6.45) is 6.65. The van der Waals surface area contributed by atoms with E-state index in [1.165, 1.54) is 32.1 Å². The highest BCUT2D eigenvalue weighted by molar-refractivity contribution is 4.72. The zero-order valence-electron chi connectivity index (χ0n) is 9.84. The first-order valence-electron chi connectivity index (χ1n) is 5.89. The number of nitrogens with two attached hydrogens (primary N) is 1. The topological polar surface area (TPSA) is 26.0 Å². The van der Waals surface area contributed by atoms with Crippen LogP contribution < -0.4 is 5.73 Å². The van der Waals surface area contributed by atoms with Gasteiger partial charge in [0.15, 0.2) is 0 Å². The lowest BCUT2D eigenvalue weighted by Gasteiger charge is -2.26. The van der Waals surface area contributed by atoms with Crippen LogP contribution in [0.4, 0.5) is 0 Å². The molecule has 0 aromatic carbocycles. The van der Waals surface area contributed by atoms with E-state index in [-0.39, 0.29) is 0 Å².